The maximum atomic E-state index is 12.1. The summed E-state index contributed by atoms with van der Waals surface area (Å²) >= 11 is 0. The van der Waals surface area contributed by atoms with Gasteiger partial charge in [-0.15, -0.1) is 0 Å². The number of carboxylic acid groups (broad SMARTS) is 1. The van der Waals surface area contributed by atoms with Gasteiger partial charge in [0.25, 0.3) is 0 Å². The van der Waals surface area contributed by atoms with Gasteiger partial charge in [0, 0.05) is 6.42 Å². The van der Waals surface area contributed by atoms with Gasteiger partial charge in [-0.25, -0.2) is 4.79 Å². The molecule has 0 saturated carbocycles. The van der Waals surface area contributed by atoms with Gasteiger partial charge in [0.2, 0.25) is 23.6 Å². The minimum atomic E-state index is -1.58. The van der Waals surface area contributed by atoms with Crippen molar-refractivity contribution in [3.63, 3.8) is 0 Å². The Morgan fingerprint density at radius 3 is 1.96 bits per heavy atom. The highest BCUT2D eigenvalue weighted by Crippen LogP contribution is 1.97. The zero-order valence-corrected chi connectivity index (χ0v) is 15.5. The Morgan fingerprint density at radius 2 is 1.54 bits per heavy atom. The second-order valence-corrected chi connectivity index (χ2v) is 6.15. The van der Waals surface area contributed by atoms with Gasteiger partial charge in [-0.05, 0) is 20.3 Å². The van der Waals surface area contributed by atoms with Crippen molar-refractivity contribution in [2.45, 2.75) is 57.0 Å². The van der Waals surface area contributed by atoms with E-state index in [0.717, 1.165) is 0 Å². The Morgan fingerprint density at radius 1 is 0.964 bits per heavy atom. The van der Waals surface area contributed by atoms with Gasteiger partial charge in [0.05, 0.1) is 18.8 Å². The van der Waals surface area contributed by atoms with E-state index in [1.807, 2.05) is 5.32 Å². The highest BCUT2D eigenvalue weighted by Gasteiger charge is 2.29. The van der Waals surface area contributed by atoms with Crippen LogP contribution >= 0.6 is 0 Å². The molecular formula is C15H27N5O8. The summed E-state index contributed by atoms with van der Waals surface area (Å²) in [4.78, 5) is 57.7. The van der Waals surface area contributed by atoms with E-state index in [1.54, 1.807) is 0 Å². The lowest BCUT2D eigenvalue weighted by atomic mass is 10.1. The van der Waals surface area contributed by atoms with Gasteiger partial charge in [-0.2, -0.15) is 0 Å². The van der Waals surface area contributed by atoms with Crippen molar-refractivity contribution in [1.82, 2.24) is 16.0 Å². The molecule has 0 fully saturated rings. The van der Waals surface area contributed by atoms with E-state index in [1.165, 1.54) is 13.8 Å². The minimum Gasteiger partial charge on any atom is -0.480 e. The number of amides is 4. The van der Waals surface area contributed by atoms with Crippen LogP contribution in [-0.2, 0) is 24.0 Å². The number of aliphatic hydroxyl groups excluding tert-OH is 2. The molecule has 0 rings (SSSR count). The van der Waals surface area contributed by atoms with E-state index < -0.39 is 66.5 Å². The second-order valence-electron chi connectivity index (χ2n) is 6.15. The Balaban J connectivity index is 4.77. The summed E-state index contributed by atoms with van der Waals surface area (Å²) in [6.07, 6.45) is -1.58. The Hall–Kier alpha value is -2.77. The first-order chi connectivity index (χ1) is 12.9. The molecule has 160 valence electrons. The highest BCUT2D eigenvalue weighted by molar-refractivity contribution is 5.94. The fourth-order valence-electron chi connectivity index (χ4n) is 1.95. The SMILES string of the molecule is CC(NC(=O)C(CO)NC(=O)C(N)CCC(N)=O)C(=O)NC(C(=O)O)C(C)O. The summed E-state index contributed by atoms with van der Waals surface area (Å²) in [6.45, 7) is 1.60. The predicted octanol–water partition coefficient (Wildman–Crippen LogP) is -4.49. The normalized spacial score (nSPS) is 16.0. The largest absolute Gasteiger partial charge is 0.480 e. The molecule has 5 unspecified atom stereocenters. The van der Waals surface area contributed by atoms with E-state index in [4.69, 9.17) is 16.6 Å². The summed E-state index contributed by atoms with van der Waals surface area (Å²) in [6, 6.07) is -5.39. The maximum absolute atomic E-state index is 12.1. The third-order valence-corrected chi connectivity index (χ3v) is 3.65. The molecule has 0 aromatic rings. The third kappa shape index (κ3) is 8.75. The smallest absolute Gasteiger partial charge is 0.328 e. The summed E-state index contributed by atoms with van der Waals surface area (Å²) in [5.74, 6) is -4.76. The zero-order valence-electron chi connectivity index (χ0n) is 15.5. The Labute approximate surface area is 160 Å². The minimum absolute atomic E-state index is 0.0599. The predicted molar refractivity (Wildman–Crippen MR) is 94.3 cm³/mol. The molecule has 0 aliphatic rings. The number of aliphatic carboxylic acids is 1. The van der Waals surface area contributed by atoms with Gasteiger partial charge in [0.1, 0.15) is 12.1 Å². The van der Waals surface area contributed by atoms with E-state index in [9.17, 15) is 34.2 Å². The molecule has 0 aromatic carbocycles. The van der Waals surface area contributed by atoms with Crippen molar-refractivity contribution in [3.8, 4) is 0 Å². The molecule has 0 radical (unpaired) electrons. The van der Waals surface area contributed by atoms with Gasteiger partial charge < -0.3 is 42.7 Å². The highest BCUT2D eigenvalue weighted by atomic mass is 16.4. The van der Waals surface area contributed by atoms with Crippen LogP contribution < -0.4 is 27.4 Å². The molecule has 13 nitrogen and oxygen atoms in total. The number of primary amides is 1. The lowest BCUT2D eigenvalue weighted by Crippen LogP contribution is -2.58. The Bertz CT molecular complexity index is 597. The second kappa shape index (κ2) is 11.8. The summed E-state index contributed by atoms with van der Waals surface area (Å²) < 4.78 is 0. The number of hydrogen-bond donors (Lipinski definition) is 8. The van der Waals surface area contributed by atoms with Gasteiger partial charge >= 0.3 is 5.97 Å². The molecule has 0 spiro atoms. The van der Waals surface area contributed by atoms with E-state index in [2.05, 4.69) is 10.6 Å². The van der Waals surface area contributed by atoms with Crippen molar-refractivity contribution >= 4 is 29.6 Å². The van der Waals surface area contributed by atoms with Crippen LogP contribution in [0.1, 0.15) is 26.7 Å². The monoisotopic (exact) mass is 405 g/mol. The number of carboxylic acids is 1. The van der Waals surface area contributed by atoms with Crippen molar-refractivity contribution in [1.29, 1.82) is 0 Å². The number of nitrogens with two attached hydrogens (primary N) is 2. The zero-order chi connectivity index (χ0) is 22.0. The quantitative estimate of drug-likeness (QED) is 0.156. The van der Waals surface area contributed by atoms with Crippen LogP contribution in [0.3, 0.4) is 0 Å². The molecule has 0 heterocycles. The van der Waals surface area contributed by atoms with E-state index in [0.29, 0.717) is 0 Å². The van der Waals surface area contributed by atoms with Gasteiger partial charge in [-0.1, -0.05) is 0 Å². The molecule has 0 bridgehead atoms. The average molecular weight is 405 g/mol. The number of aliphatic hydroxyl groups is 2. The van der Waals surface area contributed by atoms with E-state index >= 15 is 0 Å². The molecule has 0 aliphatic carbocycles. The number of rotatable bonds is 12. The number of nitrogens with one attached hydrogen (secondary N) is 3. The topological polar surface area (TPSA) is 234 Å². The fourth-order valence-corrected chi connectivity index (χ4v) is 1.95. The molecule has 0 aromatic heterocycles. The molecular weight excluding hydrogens is 378 g/mol. The van der Waals surface area contributed by atoms with Crippen LogP contribution in [0.4, 0.5) is 0 Å². The van der Waals surface area contributed by atoms with Crippen LogP contribution in [0, 0.1) is 0 Å². The van der Waals surface area contributed by atoms with Crippen LogP contribution in [-0.4, -0.2) is 81.8 Å². The van der Waals surface area contributed by atoms with Crippen LogP contribution in [0.25, 0.3) is 0 Å². The lowest BCUT2D eigenvalue weighted by molar-refractivity contribution is -0.145. The standard InChI is InChI=1S/C15H27N5O8/c1-6(12(24)20-11(7(2)22)15(27)28)18-14(26)9(5-21)19-13(25)8(16)3-4-10(17)23/h6-9,11,21-22H,3-5,16H2,1-2H3,(H2,17,23)(H,18,26)(H,19,25)(H,20,24)(H,27,28). The number of hydrogen-bond acceptors (Lipinski definition) is 8. The van der Waals surface area contributed by atoms with Crippen molar-refractivity contribution in [3.05, 3.63) is 0 Å². The fraction of sp³-hybridized carbons (Fsp3) is 0.667. The summed E-state index contributed by atoms with van der Waals surface area (Å²) in [5, 5.41) is 34.0. The molecule has 10 N–H and O–H groups in total. The number of carbonyl (C=O) groups excluding carboxylic acids is 4. The number of carbonyl (C=O) groups is 5. The first kappa shape index (κ1) is 25.2. The van der Waals surface area contributed by atoms with Crippen LogP contribution in [0.15, 0.2) is 0 Å². The lowest BCUT2D eigenvalue weighted by Gasteiger charge is -2.23. The average Bonchev–Trinajstić information content (AvgIpc) is 2.60. The van der Waals surface area contributed by atoms with Crippen molar-refractivity contribution < 1.29 is 39.3 Å². The van der Waals surface area contributed by atoms with E-state index in [-0.39, 0.29) is 12.8 Å². The summed E-state index contributed by atoms with van der Waals surface area (Å²) in [5.41, 5.74) is 10.5. The first-order valence-electron chi connectivity index (χ1n) is 8.37. The maximum Gasteiger partial charge on any atom is 0.328 e. The third-order valence-electron chi connectivity index (χ3n) is 3.65. The Kier molecular flexibility index (Phi) is 10.7. The molecule has 0 aliphatic heterocycles. The summed E-state index contributed by atoms with van der Waals surface area (Å²) in [7, 11) is 0. The first-order valence-corrected chi connectivity index (χ1v) is 8.37. The van der Waals surface area contributed by atoms with Crippen molar-refractivity contribution in [2.24, 2.45) is 11.5 Å². The van der Waals surface area contributed by atoms with Crippen LogP contribution in [0.2, 0.25) is 0 Å². The molecule has 4 amide bonds. The van der Waals surface area contributed by atoms with Crippen LogP contribution in [0.5, 0.6) is 0 Å². The molecule has 28 heavy (non-hydrogen) atoms. The molecule has 5 atom stereocenters. The van der Waals surface area contributed by atoms with Gasteiger partial charge in [-0.3, -0.25) is 19.2 Å². The molecule has 13 heteroatoms. The van der Waals surface area contributed by atoms with Crippen molar-refractivity contribution in [2.75, 3.05) is 6.61 Å². The molecule has 0 saturated heterocycles. The van der Waals surface area contributed by atoms with Gasteiger partial charge in [0.15, 0.2) is 6.04 Å².